The lowest BCUT2D eigenvalue weighted by atomic mass is 10.2. The van der Waals surface area contributed by atoms with Gasteiger partial charge in [-0.1, -0.05) is 6.07 Å². The maximum absolute atomic E-state index is 13.0. The molecule has 0 unspecified atom stereocenters. The average molecular weight is 442 g/mol. The summed E-state index contributed by atoms with van der Waals surface area (Å²) >= 11 is 0. The summed E-state index contributed by atoms with van der Waals surface area (Å²) in [5.74, 6) is 2.19. The second-order valence-corrected chi connectivity index (χ2v) is 7.46. The van der Waals surface area contributed by atoms with E-state index in [4.69, 9.17) is 14.2 Å². The van der Waals surface area contributed by atoms with Gasteiger partial charge in [0.25, 0.3) is 5.91 Å². The summed E-state index contributed by atoms with van der Waals surface area (Å²) in [5, 5.41) is 4.65. The van der Waals surface area contributed by atoms with E-state index >= 15 is 0 Å². The molecule has 3 aromatic heterocycles. The summed E-state index contributed by atoms with van der Waals surface area (Å²) in [6.45, 7) is 0. The van der Waals surface area contributed by atoms with Gasteiger partial charge in [-0.15, -0.1) is 0 Å². The summed E-state index contributed by atoms with van der Waals surface area (Å²) in [4.78, 5) is 20.5. The molecule has 0 radical (unpaired) electrons. The van der Waals surface area contributed by atoms with Crippen molar-refractivity contribution in [3.05, 3.63) is 72.7 Å². The Bertz CT molecular complexity index is 1470. The standard InChI is InChI=1S/C25H22N4O4/c1-29-19(13-17-20(31-2)8-9-22(32-3)24(17)29)25(30)28-15-7-10-23(27-14-15)33-21-6-4-5-18-16(21)11-12-26-18/h4-14,26H,1-3H3,(H,28,30). The van der Waals surface area contributed by atoms with Gasteiger partial charge in [0.2, 0.25) is 5.88 Å². The fourth-order valence-electron chi connectivity index (χ4n) is 3.94. The number of H-pyrrole nitrogens is 1. The Labute approximate surface area is 189 Å². The molecule has 2 N–H and O–H groups in total. The largest absolute Gasteiger partial charge is 0.496 e. The summed E-state index contributed by atoms with van der Waals surface area (Å²) in [6.07, 6.45) is 3.43. The predicted molar refractivity (Wildman–Crippen MR) is 127 cm³/mol. The van der Waals surface area contributed by atoms with Crippen molar-refractivity contribution in [1.82, 2.24) is 14.5 Å². The molecule has 0 aliphatic rings. The Morgan fingerprint density at radius 2 is 1.79 bits per heavy atom. The van der Waals surface area contributed by atoms with Crippen LogP contribution in [0.3, 0.4) is 0 Å². The third-order valence-electron chi connectivity index (χ3n) is 5.55. The third kappa shape index (κ3) is 3.61. The van der Waals surface area contributed by atoms with E-state index < -0.39 is 0 Å². The van der Waals surface area contributed by atoms with E-state index in [2.05, 4.69) is 15.3 Å². The second kappa shape index (κ2) is 8.23. The van der Waals surface area contributed by atoms with Crippen LogP contribution in [0.2, 0.25) is 0 Å². The monoisotopic (exact) mass is 442 g/mol. The van der Waals surface area contributed by atoms with E-state index in [-0.39, 0.29) is 5.91 Å². The Morgan fingerprint density at radius 1 is 0.970 bits per heavy atom. The number of carbonyl (C=O) groups is 1. The van der Waals surface area contributed by atoms with Gasteiger partial charge in [-0.3, -0.25) is 4.79 Å². The van der Waals surface area contributed by atoms with Crippen LogP contribution in [0.15, 0.2) is 67.0 Å². The quantitative estimate of drug-likeness (QED) is 0.381. The summed E-state index contributed by atoms with van der Waals surface area (Å²) in [7, 11) is 5.01. The number of aryl methyl sites for hydroxylation is 1. The second-order valence-electron chi connectivity index (χ2n) is 7.46. The van der Waals surface area contributed by atoms with Crippen LogP contribution in [-0.2, 0) is 7.05 Å². The third-order valence-corrected chi connectivity index (χ3v) is 5.55. The van der Waals surface area contributed by atoms with Crippen LogP contribution >= 0.6 is 0 Å². The lowest BCUT2D eigenvalue weighted by molar-refractivity contribution is 0.101. The van der Waals surface area contributed by atoms with Crippen molar-refractivity contribution in [2.45, 2.75) is 0 Å². The van der Waals surface area contributed by atoms with Crippen LogP contribution in [0.25, 0.3) is 21.8 Å². The van der Waals surface area contributed by atoms with Crippen LogP contribution in [0.5, 0.6) is 23.1 Å². The highest BCUT2D eigenvalue weighted by atomic mass is 16.5. The maximum atomic E-state index is 13.0. The molecule has 33 heavy (non-hydrogen) atoms. The molecule has 1 amide bonds. The summed E-state index contributed by atoms with van der Waals surface area (Å²) in [6, 6.07) is 16.6. The SMILES string of the molecule is COc1ccc(OC)c2c1cc(C(=O)Nc1ccc(Oc3cccc4[nH]ccc34)nc1)n2C. The van der Waals surface area contributed by atoms with E-state index in [1.54, 1.807) is 43.2 Å². The van der Waals surface area contributed by atoms with Crippen molar-refractivity contribution in [3.8, 4) is 23.1 Å². The zero-order valence-electron chi connectivity index (χ0n) is 18.4. The van der Waals surface area contributed by atoms with Gasteiger partial charge in [0.15, 0.2) is 0 Å². The minimum absolute atomic E-state index is 0.273. The van der Waals surface area contributed by atoms with Crippen LogP contribution in [-0.4, -0.2) is 34.7 Å². The molecular weight excluding hydrogens is 420 g/mol. The number of pyridine rings is 1. The van der Waals surface area contributed by atoms with E-state index in [0.29, 0.717) is 34.5 Å². The number of carbonyl (C=O) groups excluding carboxylic acids is 1. The average Bonchev–Trinajstić information content (AvgIpc) is 3.45. The Kier molecular flexibility index (Phi) is 5.10. The number of nitrogens with one attached hydrogen (secondary N) is 2. The molecule has 0 spiro atoms. The molecule has 2 aromatic carbocycles. The zero-order chi connectivity index (χ0) is 22.9. The molecule has 5 aromatic rings. The van der Waals surface area contributed by atoms with Gasteiger partial charge in [0.1, 0.15) is 22.9 Å². The van der Waals surface area contributed by atoms with E-state index in [1.807, 2.05) is 49.6 Å². The predicted octanol–water partition coefficient (Wildman–Crippen LogP) is 5.12. The lowest BCUT2D eigenvalue weighted by Crippen LogP contribution is -2.15. The number of anilines is 1. The Morgan fingerprint density at radius 3 is 2.55 bits per heavy atom. The number of fused-ring (bicyclic) bond motifs is 2. The molecule has 8 heteroatoms. The minimum Gasteiger partial charge on any atom is -0.496 e. The van der Waals surface area contributed by atoms with Gasteiger partial charge < -0.3 is 29.1 Å². The first kappa shape index (κ1) is 20.4. The number of rotatable bonds is 6. The smallest absolute Gasteiger partial charge is 0.272 e. The fraction of sp³-hybridized carbons (Fsp3) is 0.120. The molecule has 0 aliphatic carbocycles. The van der Waals surface area contributed by atoms with Crippen molar-refractivity contribution < 1.29 is 19.0 Å². The number of ether oxygens (including phenoxy) is 3. The lowest BCUT2D eigenvalue weighted by Gasteiger charge is -2.10. The van der Waals surface area contributed by atoms with Gasteiger partial charge >= 0.3 is 0 Å². The van der Waals surface area contributed by atoms with E-state index in [9.17, 15) is 4.79 Å². The molecule has 3 heterocycles. The normalized spacial score (nSPS) is 11.0. The van der Waals surface area contributed by atoms with Crippen LogP contribution < -0.4 is 19.5 Å². The maximum Gasteiger partial charge on any atom is 0.272 e. The van der Waals surface area contributed by atoms with Crippen molar-refractivity contribution >= 4 is 33.4 Å². The molecule has 0 fully saturated rings. The number of hydrogen-bond acceptors (Lipinski definition) is 5. The molecule has 0 saturated heterocycles. The van der Waals surface area contributed by atoms with Crippen molar-refractivity contribution in [1.29, 1.82) is 0 Å². The first-order valence-corrected chi connectivity index (χ1v) is 10.3. The molecule has 5 rings (SSSR count). The van der Waals surface area contributed by atoms with Crippen LogP contribution in [0.4, 0.5) is 5.69 Å². The Hall–Kier alpha value is -4.46. The van der Waals surface area contributed by atoms with Gasteiger partial charge in [-0.2, -0.15) is 0 Å². The number of benzene rings is 2. The topological polar surface area (TPSA) is 90.4 Å². The van der Waals surface area contributed by atoms with Crippen LogP contribution in [0, 0.1) is 0 Å². The molecule has 0 aliphatic heterocycles. The number of methoxy groups -OCH3 is 2. The van der Waals surface area contributed by atoms with Crippen molar-refractivity contribution in [2.75, 3.05) is 19.5 Å². The van der Waals surface area contributed by atoms with Gasteiger partial charge in [0.05, 0.1) is 31.6 Å². The minimum atomic E-state index is -0.273. The number of amides is 1. The zero-order valence-corrected chi connectivity index (χ0v) is 18.4. The van der Waals surface area contributed by atoms with Crippen LogP contribution in [0.1, 0.15) is 10.5 Å². The highest BCUT2D eigenvalue weighted by Gasteiger charge is 2.19. The highest BCUT2D eigenvalue weighted by molar-refractivity contribution is 6.08. The van der Waals surface area contributed by atoms with Gasteiger partial charge in [0, 0.05) is 35.6 Å². The number of hydrogen-bond donors (Lipinski definition) is 2. The number of nitrogens with zero attached hydrogens (tertiary/aromatic N) is 2. The molecule has 8 nitrogen and oxygen atoms in total. The molecular formula is C25H22N4O4. The summed E-state index contributed by atoms with van der Waals surface area (Å²) < 4.78 is 18.6. The van der Waals surface area contributed by atoms with Gasteiger partial charge in [-0.05, 0) is 42.5 Å². The first-order valence-electron chi connectivity index (χ1n) is 10.3. The van der Waals surface area contributed by atoms with E-state index in [1.165, 1.54) is 0 Å². The Balaban J connectivity index is 1.38. The highest BCUT2D eigenvalue weighted by Crippen LogP contribution is 2.35. The molecule has 166 valence electrons. The number of aromatic amines is 1. The van der Waals surface area contributed by atoms with E-state index in [0.717, 1.165) is 21.8 Å². The molecule has 0 atom stereocenters. The number of aromatic nitrogens is 3. The summed E-state index contributed by atoms with van der Waals surface area (Å²) in [5.41, 5.74) is 2.78. The van der Waals surface area contributed by atoms with Gasteiger partial charge in [-0.25, -0.2) is 4.98 Å². The fourth-order valence-corrected chi connectivity index (χ4v) is 3.94. The van der Waals surface area contributed by atoms with Crippen molar-refractivity contribution in [3.63, 3.8) is 0 Å². The molecule has 0 bridgehead atoms. The first-order chi connectivity index (χ1) is 16.1. The van der Waals surface area contributed by atoms with Crippen molar-refractivity contribution in [2.24, 2.45) is 7.05 Å². The molecule has 0 saturated carbocycles.